The average molecular weight is 656 g/mol. The number of benzene rings is 1. The van der Waals surface area contributed by atoms with Crippen molar-refractivity contribution >= 4 is 0 Å². The van der Waals surface area contributed by atoms with E-state index in [1.165, 1.54) is 28.7 Å². The Morgan fingerprint density at radius 1 is 0.857 bits per heavy atom. The summed E-state index contributed by atoms with van der Waals surface area (Å²) in [6, 6.07) is 8.90. The number of allylic oxidation sites excluding steroid dienone is 18. The number of hydrazine groups is 1. The molecule has 0 amide bonds. The Morgan fingerprint density at radius 2 is 1.65 bits per heavy atom. The monoisotopic (exact) mass is 655 g/mol. The Balaban J connectivity index is 0.000000232. The topological polar surface area (TPSA) is 73.3 Å². The zero-order chi connectivity index (χ0) is 33.8. The van der Waals surface area contributed by atoms with E-state index in [4.69, 9.17) is 16.3 Å². The van der Waals surface area contributed by atoms with Gasteiger partial charge in [-0.3, -0.25) is 11.3 Å². The summed E-state index contributed by atoms with van der Waals surface area (Å²) in [7, 11) is 0. The molecule has 258 valence electrons. The van der Waals surface area contributed by atoms with Crippen LogP contribution in [0.3, 0.4) is 0 Å². The fraction of sp³-hybridized carbons (Fsp3) is 0.422. The van der Waals surface area contributed by atoms with Crippen LogP contribution >= 0.6 is 0 Å². The summed E-state index contributed by atoms with van der Waals surface area (Å²) in [6.45, 7) is 4.14. The molecule has 0 spiro atoms. The fourth-order valence-corrected chi connectivity index (χ4v) is 8.25. The minimum atomic E-state index is -0.0305. The van der Waals surface area contributed by atoms with E-state index in [9.17, 15) is 0 Å². The largest absolute Gasteiger partial charge is 0.372 e. The minimum Gasteiger partial charge on any atom is -0.372 e. The molecule has 0 aliphatic heterocycles. The third kappa shape index (κ3) is 9.58. The maximum Gasteiger partial charge on any atom is 0.0947 e. The van der Waals surface area contributed by atoms with Crippen molar-refractivity contribution in [2.24, 2.45) is 53.0 Å². The van der Waals surface area contributed by atoms with Crippen molar-refractivity contribution in [1.29, 1.82) is 0 Å². The highest BCUT2D eigenvalue weighted by Gasteiger charge is 2.49. The SMILES string of the molecule is C/C=C\CC1C=CC(C2C=CC=CC2)=C1.NCC(OC[C@H]1CC=CC([C@@H]2C=CC(CNN)=CC2)C2CC21)c1ccc([C@H]2C=CC=CC2)cc1. The molecule has 1 fully saturated rings. The standard InChI is InChI=1S/C30H39N3O.C15H18/c31-18-30(25-15-13-23(14-16-25)22-5-2-1-3-6-22)34-20-26-7-4-8-27(29-17-28(26)29)24-11-9-21(10-12-24)19-33-32;1-2-3-7-13-10-11-15(12-13)14-8-5-4-6-9-14/h1-5,8-11,13-16,22,24,26-30,33H,6-7,12,17-20,31-32H2;2-6,8,10-14H,7,9H2,1H3/b;3-2-/t22-,24+,26+,27?,28?,29?,30?;/m0./s1. The molecule has 0 heterocycles. The smallest absolute Gasteiger partial charge is 0.0947 e. The molecule has 0 radical (unpaired) electrons. The number of hydrogen-bond acceptors (Lipinski definition) is 4. The summed E-state index contributed by atoms with van der Waals surface area (Å²) in [5.41, 5.74) is 14.2. The number of nitrogens with one attached hydrogen (secondary N) is 1. The van der Waals surface area contributed by atoms with Crippen LogP contribution in [-0.2, 0) is 4.74 Å². The fourth-order valence-electron chi connectivity index (χ4n) is 8.25. The van der Waals surface area contributed by atoms with E-state index in [0.29, 0.717) is 42.1 Å². The molecule has 4 nitrogen and oxygen atoms in total. The molecule has 1 aromatic rings. The summed E-state index contributed by atoms with van der Waals surface area (Å²) >= 11 is 0. The Kier molecular flexibility index (Phi) is 12.9. The molecule has 6 aliphatic rings. The molecule has 9 atom stereocenters. The van der Waals surface area contributed by atoms with Crippen molar-refractivity contribution in [3.8, 4) is 0 Å². The van der Waals surface area contributed by atoms with E-state index < -0.39 is 0 Å². The average Bonchev–Trinajstić information content (AvgIpc) is 3.84. The maximum atomic E-state index is 6.45. The molecule has 0 aromatic heterocycles. The van der Waals surface area contributed by atoms with Gasteiger partial charge in [0.1, 0.15) is 0 Å². The van der Waals surface area contributed by atoms with E-state index in [0.717, 1.165) is 57.1 Å². The molecular weight excluding hydrogens is 599 g/mol. The predicted molar refractivity (Wildman–Crippen MR) is 206 cm³/mol. The lowest BCUT2D eigenvalue weighted by Crippen LogP contribution is -2.25. The van der Waals surface area contributed by atoms with Gasteiger partial charge < -0.3 is 10.5 Å². The Bertz CT molecular complexity index is 1530. The number of rotatable bonds is 12. The van der Waals surface area contributed by atoms with Gasteiger partial charge in [0.05, 0.1) is 12.7 Å². The molecule has 49 heavy (non-hydrogen) atoms. The first kappa shape index (κ1) is 35.3. The lowest BCUT2D eigenvalue weighted by atomic mass is 9.81. The molecule has 6 unspecified atom stereocenters. The van der Waals surface area contributed by atoms with Crippen LogP contribution in [0.15, 0.2) is 145 Å². The summed E-state index contributed by atoms with van der Waals surface area (Å²) in [4.78, 5) is 0. The van der Waals surface area contributed by atoms with E-state index in [-0.39, 0.29) is 6.10 Å². The van der Waals surface area contributed by atoms with E-state index >= 15 is 0 Å². The van der Waals surface area contributed by atoms with Crippen LogP contribution in [0, 0.1) is 41.4 Å². The molecule has 1 aromatic carbocycles. The second-order valence-corrected chi connectivity index (χ2v) is 14.5. The van der Waals surface area contributed by atoms with Crippen molar-refractivity contribution in [2.45, 2.75) is 57.5 Å². The highest BCUT2D eigenvalue weighted by molar-refractivity contribution is 5.36. The Hall–Kier alpha value is -3.54. The zero-order valence-corrected chi connectivity index (χ0v) is 29.3. The maximum absolute atomic E-state index is 6.45. The van der Waals surface area contributed by atoms with Crippen LogP contribution in [0.4, 0.5) is 0 Å². The third-order valence-electron chi connectivity index (χ3n) is 11.2. The van der Waals surface area contributed by atoms with Crippen LogP contribution in [0.25, 0.3) is 0 Å². The second kappa shape index (κ2) is 17.9. The normalized spacial score (nSPS) is 31.6. The van der Waals surface area contributed by atoms with Gasteiger partial charge in [0.2, 0.25) is 0 Å². The van der Waals surface area contributed by atoms with Gasteiger partial charge >= 0.3 is 0 Å². The van der Waals surface area contributed by atoms with Crippen molar-refractivity contribution < 1.29 is 4.74 Å². The summed E-state index contributed by atoms with van der Waals surface area (Å²) in [5.74, 6) is 10.6. The van der Waals surface area contributed by atoms with Crippen molar-refractivity contribution in [3.05, 3.63) is 156 Å². The molecule has 0 bridgehead atoms. The molecule has 0 saturated heterocycles. The molecule has 5 N–H and O–H groups in total. The number of ether oxygens (including phenoxy) is 1. The minimum absolute atomic E-state index is 0.0305. The molecule has 7 rings (SSSR count). The number of fused-ring (bicyclic) bond motifs is 1. The Morgan fingerprint density at radius 3 is 2.33 bits per heavy atom. The van der Waals surface area contributed by atoms with Gasteiger partial charge in [-0.2, -0.15) is 0 Å². The predicted octanol–water partition coefficient (Wildman–Crippen LogP) is 9.29. The summed E-state index contributed by atoms with van der Waals surface area (Å²) in [6.07, 6.45) is 47.8. The third-order valence-corrected chi connectivity index (χ3v) is 11.2. The first-order valence-corrected chi connectivity index (χ1v) is 18.7. The molecule has 1 saturated carbocycles. The summed E-state index contributed by atoms with van der Waals surface area (Å²) < 4.78 is 6.45. The van der Waals surface area contributed by atoms with E-state index in [1.54, 1.807) is 0 Å². The van der Waals surface area contributed by atoms with Gasteiger partial charge in [0.15, 0.2) is 0 Å². The first-order valence-electron chi connectivity index (χ1n) is 18.7. The van der Waals surface area contributed by atoms with Crippen LogP contribution < -0.4 is 17.0 Å². The molecular formula is C45H57N3O. The quantitative estimate of drug-likeness (QED) is 0.119. The van der Waals surface area contributed by atoms with E-state index in [2.05, 4.69) is 146 Å². The van der Waals surface area contributed by atoms with Crippen molar-refractivity contribution in [1.82, 2.24) is 5.43 Å². The van der Waals surface area contributed by atoms with Crippen LogP contribution in [0.5, 0.6) is 0 Å². The van der Waals surface area contributed by atoms with Crippen molar-refractivity contribution in [2.75, 3.05) is 19.7 Å². The van der Waals surface area contributed by atoms with Gasteiger partial charge in [-0.15, -0.1) is 0 Å². The first-order chi connectivity index (χ1) is 24.2. The lowest BCUT2D eigenvalue weighted by molar-refractivity contribution is 0.0274. The van der Waals surface area contributed by atoms with Crippen LogP contribution in [0.1, 0.15) is 68.6 Å². The van der Waals surface area contributed by atoms with Crippen LogP contribution in [0.2, 0.25) is 0 Å². The van der Waals surface area contributed by atoms with Gasteiger partial charge in [0.25, 0.3) is 0 Å². The van der Waals surface area contributed by atoms with Gasteiger partial charge in [-0.1, -0.05) is 134 Å². The van der Waals surface area contributed by atoms with Gasteiger partial charge in [-0.25, -0.2) is 0 Å². The van der Waals surface area contributed by atoms with Gasteiger partial charge in [-0.05, 0) is 103 Å². The molecule has 6 aliphatic carbocycles. The van der Waals surface area contributed by atoms with Crippen LogP contribution in [-0.4, -0.2) is 19.7 Å². The van der Waals surface area contributed by atoms with E-state index in [1.807, 2.05) is 0 Å². The zero-order valence-electron chi connectivity index (χ0n) is 29.3. The second-order valence-electron chi connectivity index (χ2n) is 14.5. The number of hydrogen-bond donors (Lipinski definition) is 3. The highest BCUT2D eigenvalue weighted by atomic mass is 16.5. The summed E-state index contributed by atoms with van der Waals surface area (Å²) in [5, 5.41) is 0. The lowest BCUT2D eigenvalue weighted by Gasteiger charge is -2.24. The van der Waals surface area contributed by atoms with Gasteiger partial charge in [0, 0.05) is 24.9 Å². The Labute approximate surface area is 295 Å². The highest BCUT2D eigenvalue weighted by Crippen LogP contribution is 2.55. The number of nitrogens with two attached hydrogens (primary N) is 2. The molecule has 4 heteroatoms. The van der Waals surface area contributed by atoms with Crippen molar-refractivity contribution in [3.63, 3.8) is 0 Å².